The van der Waals surface area contributed by atoms with Crippen LogP contribution in [0.5, 0.6) is 0 Å². The maximum atomic E-state index is 10.9. The zero-order valence-electron chi connectivity index (χ0n) is 9.15. The highest BCUT2D eigenvalue weighted by atomic mass is 16.4. The molecular formula is C12H13NO3. The minimum atomic E-state index is -1.04. The number of carbonyl (C=O) groups is 1. The lowest BCUT2D eigenvalue weighted by atomic mass is 10.0. The molecule has 0 saturated heterocycles. The van der Waals surface area contributed by atoms with Gasteiger partial charge in [0.25, 0.3) is 0 Å². The van der Waals surface area contributed by atoms with Crippen molar-refractivity contribution in [3.05, 3.63) is 35.1 Å². The number of carboxylic acid groups (broad SMARTS) is 1. The highest BCUT2D eigenvalue weighted by molar-refractivity contribution is 5.90. The number of aliphatic carboxylic acids is 1. The molecule has 4 heteroatoms. The number of nitrogens with two attached hydrogens (primary N) is 1. The third-order valence-electron chi connectivity index (χ3n) is 2.83. The number of hydrogen-bond donors (Lipinski definition) is 2. The molecule has 16 heavy (non-hydrogen) atoms. The first-order valence-electron chi connectivity index (χ1n) is 4.99. The Morgan fingerprint density at radius 2 is 2.12 bits per heavy atom. The standard InChI is InChI=1S/C12H13NO3/c1-6-7(2)16-9-5-3-4-8(10(6)9)11(13)12(14)15/h3-5,11H,13H2,1-2H3,(H,14,15). The number of benzene rings is 1. The first-order valence-corrected chi connectivity index (χ1v) is 4.99. The van der Waals surface area contributed by atoms with Crippen LogP contribution in [0, 0.1) is 13.8 Å². The fourth-order valence-electron chi connectivity index (χ4n) is 1.84. The van der Waals surface area contributed by atoms with E-state index in [0.29, 0.717) is 11.1 Å². The summed E-state index contributed by atoms with van der Waals surface area (Å²) in [4.78, 5) is 10.9. The average molecular weight is 219 g/mol. The van der Waals surface area contributed by atoms with Crippen LogP contribution < -0.4 is 5.73 Å². The van der Waals surface area contributed by atoms with E-state index in [1.165, 1.54) is 0 Å². The molecule has 0 spiro atoms. The van der Waals surface area contributed by atoms with Crippen LogP contribution in [0.4, 0.5) is 0 Å². The van der Waals surface area contributed by atoms with Crippen molar-refractivity contribution < 1.29 is 14.3 Å². The molecule has 1 atom stereocenters. The number of furan rings is 1. The molecule has 84 valence electrons. The molecule has 0 aliphatic carbocycles. The zero-order chi connectivity index (χ0) is 11.9. The highest BCUT2D eigenvalue weighted by Gasteiger charge is 2.20. The normalized spacial score (nSPS) is 12.9. The van der Waals surface area contributed by atoms with Gasteiger partial charge in [-0.05, 0) is 31.0 Å². The number of rotatable bonds is 2. The van der Waals surface area contributed by atoms with Gasteiger partial charge in [0.2, 0.25) is 0 Å². The topological polar surface area (TPSA) is 76.5 Å². The molecule has 0 saturated carbocycles. The predicted octanol–water partition coefficient (Wildman–Crippen LogP) is 2.13. The van der Waals surface area contributed by atoms with Gasteiger partial charge >= 0.3 is 5.97 Å². The van der Waals surface area contributed by atoms with Crippen LogP contribution in [0.2, 0.25) is 0 Å². The maximum Gasteiger partial charge on any atom is 0.325 e. The average Bonchev–Trinajstić information content (AvgIpc) is 2.54. The summed E-state index contributed by atoms with van der Waals surface area (Å²) in [5.74, 6) is -0.245. The fraction of sp³-hybridized carbons (Fsp3) is 0.250. The molecule has 0 aliphatic rings. The Balaban J connectivity index is 2.74. The first kappa shape index (κ1) is 10.7. The molecule has 1 aromatic carbocycles. The van der Waals surface area contributed by atoms with Crippen molar-refractivity contribution in [1.82, 2.24) is 0 Å². The van der Waals surface area contributed by atoms with Crippen LogP contribution >= 0.6 is 0 Å². The van der Waals surface area contributed by atoms with Crippen molar-refractivity contribution in [2.75, 3.05) is 0 Å². The van der Waals surface area contributed by atoms with Crippen LogP contribution in [0.1, 0.15) is 22.9 Å². The second kappa shape index (κ2) is 3.64. The Bertz CT molecular complexity index is 557. The summed E-state index contributed by atoms with van der Waals surface area (Å²) in [5, 5.41) is 9.75. The monoisotopic (exact) mass is 219 g/mol. The van der Waals surface area contributed by atoms with Crippen molar-refractivity contribution in [3.8, 4) is 0 Å². The molecule has 1 unspecified atom stereocenters. The van der Waals surface area contributed by atoms with Crippen LogP contribution in [-0.2, 0) is 4.79 Å². The van der Waals surface area contributed by atoms with E-state index in [9.17, 15) is 4.79 Å². The quantitative estimate of drug-likeness (QED) is 0.811. The van der Waals surface area contributed by atoms with Gasteiger partial charge in [0, 0.05) is 5.39 Å². The summed E-state index contributed by atoms with van der Waals surface area (Å²) in [6, 6.07) is 4.28. The van der Waals surface area contributed by atoms with E-state index in [2.05, 4.69) is 0 Å². The van der Waals surface area contributed by atoms with Crippen LogP contribution in [0.25, 0.3) is 11.0 Å². The van der Waals surface area contributed by atoms with Crippen LogP contribution in [-0.4, -0.2) is 11.1 Å². The van der Waals surface area contributed by atoms with Gasteiger partial charge in [0.1, 0.15) is 17.4 Å². The summed E-state index contributed by atoms with van der Waals surface area (Å²) >= 11 is 0. The molecule has 1 aromatic heterocycles. The summed E-state index contributed by atoms with van der Waals surface area (Å²) < 4.78 is 5.52. The molecule has 1 heterocycles. The second-order valence-corrected chi connectivity index (χ2v) is 3.82. The number of hydrogen-bond acceptors (Lipinski definition) is 3. The molecule has 0 fully saturated rings. The maximum absolute atomic E-state index is 10.9. The summed E-state index contributed by atoms with van der Waals surface area (Å²) in [6.07, 6.45) is 0. The van der Waals surface area contributed by atoms with E-state index < -0.39 is 12.0 Å². The minimum Gasteiger partial charge on any atom is -0.480 e. The number of aryl methyl sites for hydroxylation is 2. The Labute approximate surface area is 92.7 Å². The van der Waals surface area contributed by atoms with E-state index in [4.69, 9.17) is 15.3 Å². The van der Waals surface area contributed by atoms with E-state index in [1.807, 2.05) is 19.9 Å². The minimum absolute atomic E-state index is 0.597. The number of carboxylic acids is 1. The lowest BCUT2D eigenvalue weighted by Crippen LogP contribution is -2.20. The Morgan fingerprint density at radius 3 is 2.75 bits per heavy atom. The molecule has 3 N–H and O–H groups in total. The van der Waals surface area contributed by atoms with Crippen LogP contribution in [0.3, 0.4) is 0 Å². The van der Waals surface area contributed by atoms with Crippen molar-refractivity contribution in [2.45, 2.75) is 19.9 Å². The Kier molecular flexibility index (Phi) is 2.44. The Hall–Kier alpha value is -1.81. The first-order chi connectivity index (χ1) is 7.52. The van der Waals surface area contributed by atoms with Gasteiger partial charge in [-0.3, -0.25) is 4.79 Å². The van der Waals surface area contributed by atoms with E-state index in [1.54, 1.807) is 12.1 Å². The van der Waals surface area contributed by atoms with E-state index in [-0.39, 0.29) is 0 Å². The van der Waals surface area contributed by atoms with Gasteiger partial charge in [-0.15, -0.1) is 0 Å². The van der Waals surface area contributed by atoms with Crippen molar-refractivity contribution >= 4 is 16.9 Å². The van der Waals surface area contributed by atoms with Crippen molar-refractivity contribution in [2.24, 2.45) is 5.73 Å². The van der Waals surface area contributed by atoms with Gasteiger partial charge in [0.05, 0.1) is 0 Å². The fourth-order valence-corrected chi connectivity index (χ4v) is 1.84. The van der Waals surface area contributed by atoms with Crippen molar-refractivity contribution in [3.63, 3.8) is 0 Å². The van der Waals surface area contributed by atoms with Crippen molar-refractivity contribution in [1.29, 1.82) is 0 Å². The molecule has 0 radical (unpaired) electrons. The van der Waals surface area contributed by atoms with Gasteiger partial charge in [-0.1, -0.05) is 12.1 Å². The molecule has 0 bridgehead atoms. The largest absolute Gasteiger partial charge is 0.480 e. The Morgan fingerprint density at radius 1 is 1.44 bits per heavy atom. The molecule has 2 aromatic rings. The lowest BCUT2D eigenvalue weighted by molar-refractivity contribution is -0.138. The smallest absolute Gasteiger partial charge is 0.325 e. The summed E-state index contributed by atoms with van der Waals surface area (Å²) in [7, 11) is 0. The van der Waals surface area contributed by atoms with Gasteiger partial charge in [-0.2, -0.15) is 0 Å². The second-order valence-electron chi connectivity index (χ2n) is 3.82. The predicted molar refractivity (Wildman–Crippen MR) is 60.3 cm³/mol. The molecule has 0 amide bonds. The third-order valence-corrected chi connectivity index (χ3v) is 2.83. The molecular weight excluding hydrogens is 206 g/mol. The van der Waals surface area contributed by atoms with Gasteiger partial charge in [0.15, 0.2) is 0 Å². The zero-order valence-corrected chi connectivity index (χ0v) is 9.15. The summed E-state index contributed by atoms with van der Waals surface area (Å²) in [6.45, 7) is 3.75. The van der Waals surface area contributed by atoms with Gasteiger partial charge < -0.3 is 15.3 Å². The van der Waals surface area contributed by atoms with Crippen LogP contribution in [0.15, 0.2) is 22.6 Å². The number of fused-ring (bicyclic) bond motifs is 1. The third kappa shape index (κ3) is 1.47. The van der Waals surface area contributed by atoms with Gasteiger partial charge in [-0.25, -0.2) is 0 Å². The molecule has 0 aliphatic heterocycles. The molecule has 4 nitrogen and oxygen atoms in total. The van der Waals surface area contributed by atoms with E-state index in [0.717, 1.165) is 16.7 Å². The highest BCUT2D eigenvalue weighted by Crippen LogP contribution is 2.30. The van der Waals surface area contributed by atoms with E-state index >= 15 is 0 Å². The summed E-state index contributed by atoms with van der Waals surface area (Å²) in [5.41, 5.74) is 7.87. The SMILES string of the molecule is Cc1oc2cccc(C(N)C(=O)O)c2c1C. The molecule has 2 rings (SSSR count). The lowest BCUT2D eigenvalue weighted by Gasteiger charge is -2.08.